The molecule has 1 nitrogen and oxygen atoms in total. The molecule has 0 N–H and O–H groups in total. The van der Waals surface area contributed by atoms with Gasteiger partial charge >= 0.3 is 0 Å². The van der Waals surface area contributed by atoms with Crippen LogP contribution in [-0.4, -0.2) is 23.0 Å². The number of hydrogen-bond acceptors (Lipinski definition) is 1. The molecule has 0 aromatic heterocycles. The van der Waals surface area contributed by atoms with Crippen molar-refractivity contribution >= 4 is 0 Å². The van der Waals surface area contributed by atoms with E-state index in [0.717, 1.165) is 30.0 Å². The minimum absolute atomic E-state index is 0.833. The van der Waals surface area contributed by atoms with Gasteiger partial charge in [0.25, 0.3) is 0 Å². The van der Waals surface area contributed by atoms with Gasteiger partial charge in [0.2, 0.25) is 0 Å². The van der Waals surface area contributed by atoms with Crippen LogP contribution < -0.4 is 0 Å². The van der Waals surface area contributed by atoms with Crippen molar-refractivity contribution in [3.8, 4) is 0 Å². The summed E-state index contributed by atoms with van der Waals surface area (Å²) in [7, 11) is 0. The van der Waals surface area contributed by atoms with Crippen molar-refractivity contribution in [1.82, 2.24) is 4.90 Å². The lowest BCUT2D eigenvalue weighted by Crippen LogP contribution is -2.55. The Kier molecular flexibility index (Phi) is 2.21. The van der Waals surface area contributed by atoms with Gasteiger partial charge in [0, 0.05) is 18.1 Å². The van der Waals surface area contributed by atoms with Crippen LogP contribution in [0, 0.1) is 11.8 Å². The number of nitrogens with zero attached hydrogens (tertiary/aromatic N) is 1. The number of rotatable bonds is 0. The third kappa shape index (κ3) is 1.39. The van der Waals surface area contributed by atoms with Crippen molar-refractivity contribution in [2.75, 3.05) is 0 Å². The average Bonchev–Trinajstić information content (AvgIpc) is 2.58. The molecule has 84 valence electrons. The summed E-state index contributed by atoms with van der Waals surface area (Å²) in [5.74, 6) is 1.81. The van der Waals surface area contributed by atoms with Crippen molar-refractivity contribution < 1.29 is 0 Å². The van der Waals surface area contributed by atoms with E-state index in [1.165, 1.54) is 37.7 Å². The highest BCUT2D eigenvalue weighted by molar-refractivity contribution is 5.13. The van der Waals surface area contributed by atoms with Crippen LogP contribution in [0.2, 0.25) is 0 Å². The van der Waals surface area contributed by atoms with E-state index in [1.54, 1.807) is 0 Å². The van der Waals surface area contributed by atoms with Crippen LogP contribution in [0.4, 0.5) is 0 Å². The van der Waals surface area contributed by atoms with Crippen molar-refractivity contribution in [1.29, 1.82) is 0 Å². The fraction of sp³-hybridized carbons (Fsp3) is 0.857. The largest absolute Gasteiger partial charge is 0.293 e. The van der Waals surface area contributed by atoms with E-state index < -0.39 is 0 Å². The molecule has 0 amide bonds. The van der Waals surface area contributed by atoms with E-state index in [4.69, 9.17) is 0 Å². The summed E-state index contributed by atoms with van der Waals surface area (Å²) in [6, 6.07) is 2.59. The second-order valence-corrected chi connectivity index (χ2v) is 6.16. The van der Waals surface area contributed by atoms with Crippen LogP contribution in [0.25, 0.3) is 0 Å². The molecule has 3 fully saturated rings. The summed E-state index contributed by atoms with van der Waals surface area (Å²) in [5, 5.41) is 0. The molecule has 3 aliphatic heterocycles. The summed E-state index contributed by atoms with van der Waals surface area (Å²) < 4.78 is 0. The van der Waals surface area contributed by atoms with Gasteiger partial charge in [-0.3, -0.25) is 4.90 Å². The molecule has 15 heavy (non-hydrogen) atoms. The van der Waals surface area contributed by atoms with Crippen molar-refractivity contribution in [3.05, 3.63) is 12.2 Å². The Bertz CT molecular complexity index is 283. The van der Waals surface area contributed by atoms with Crippen LogP contribution in [0.15, 0.2) is 12.2 Å². The van der Waals surface area contributed by atoms with Gasteiger partial charge in [-0.2, -0.15) is 0 Å². The minimum atomic E-state index is 0.833. The van der Waals surface area contributed by atoms with Gasteiger partial charge in [0.1, 0.15) is 0 Å². The highest BCUT2D eigenvalue weighted by Crippen LogP contribution is 2.47. The Hall–Kier alpha value is -0.300. The van der Waals surface area contributed by atoms with Gasteiger partial charge in [-0.1, -0.05) is 26.0 Å². The van der Waals surface area contributed by atoms with Crippen molar-refractivity contribution in [3.63, 3.8) is 0 Å². The second kappa shape index (κ2) is 3.35. The SMILES string of the molecule is C=C1C[C@@H]2CC[C@H]3[C@H](C)C[C@@H](C)[C@H](C1)N23. The Morgan fingerprint density at radius 3 is 2.60 bits per heavy atom. The summed E-state index contributed by atoms with van der Waals surface area (Å²) in [6.45, 7) is 9.16. The van der Waals surface area contributed by atoms with Crippen LogP contribution in [-0.2, 0) is 0 Å². The van der Waals surface area contributed by atoms with Gasteiger partial charge in [0.05, 0.1) is 0 Å². The molecule has 0 saturated carbocycles. The zero-order chi connectivity index (χ0) is 10.6. The smallest absolute Gasteiger partial charge is 0.0164 e. The first-order valence-electron chi connectivity index (χ1n) is 6.61. The lowest BCUT2D eigenvalue weighted by atomic mass is 9.76. The maximum Gasteiger partial charge on any atom is 0.0164 e. The van der Waals surface area contributed by atoms with E-state index in [2.05, 4.69) is 25.3 Å². The Morgan fingerprint density at radius 2 is 1.80 bits per heavy atom. The van der Waals surface area contributed by atoms with Gasteiger partial charge in [-0.15, -0.1) is 0 Å². The molecule has 0 aromatic rings. The topological polar surface area (TPSA) is 3.24 Å². The van der Waals surface area contributed by atoms with Crippen LogP contribution in [0.1, 0.15) is 46.0 Å². The molecule has 3 aliphatic rings. The molecule has 3 rings (SSSR count). The molecule has 0 radical (unpaired) electrons. The molecule has 0 spiro atoms. The van der Waals surface area contributed by atoms with Crippen LogP contribution in [0.3, 0.4) is 0 Å². The average molecular weight is 205 g/mol. The molecule has 3 heterocycles. The van der Waals surface area contributed by atoms with Gasteiger partial charge in [-0.05, 0) is 43.9 Å². The highest BCUT2D eigenvalue weighted by atomic mass is 15.3. The number of hydrogen-bond donors (Lipinski definition) is 0. The zero-order valence-corrected chi connectivity index (χ0v) is 10.1. The highest BCUT2D eigenvalue weighted by Gasteiger charge is 2.48. The first-order valence-corrected chi connectivity index (χ1v) is 6.61. The Balaban J connectivity index is 1.91. The molecular weight excluding hydrogens is 182 g/mol. The molecule has 3 saturated heterocycles. The molecular formula is C14H23N. The van der Waals surface area contributed by atoms with Gasteiger partial charge in [0.15, 0.2) is 0 Å². The van der Waals surface area contributed by atoms with E-state index in [9.17, 15) is 0 Å². The first-order chi connectivity index (χ1) is 7.16. The minimum Gasteiger partial charge on any atom is -0.293 e. The monoisotopic (exact) mass is 205 g/mol. The fourth-order valence-electron chi connectivity index (χ4n) is 4.45. The van der Waals surface area contributed by atoms with Gasteiger partial charge in [-0.25, -0.2) is 0 Å². The third-order valence-electron chi connectivity index (χ3n) is 5.06. The molecule has 0 unspecified atom stereocenters. The van der Waals surface area contributed by atoms with Gasteiger partial charge < -0.3 is 0 Å². The molecule has 0 aliphatic carbocycles. The Labute approximate surface area is 93.5 Å². The third-order valence-corrected chi connectivity index (χ3v) is 5.06. The quantitative estimate of drug-likeness (QED) is 0.549. The van der Waals surface area contributed by atoms with E-state index in [-0.39, 0.29) is 0 Å². The summed E-state index contributed by atoms with van der Waals surface area (Å²) in [5.41, 5.74) is 1.52. The summed E-state index contributed by atoms with van der Waals surface area (Å²) >= 11 is 0. The number of piperidine rings is 2. The molecule has 0 aromatic carbocycles. The van der Waals surface area contributed by atoms with E-state index in [1.807, 2.05) is 0 Å². The molecule has 5 atom stereocenters. The Morgan fingerprint density at radius 1 is 1.07 bits per heavy atom. The van der Waals surface area contributed by atoms with Crippen molar-refractivity contribution in [2.45, 2.75) is 64.1 Å². The fourth-order valence-corrected chi connectivity index (χ4v) is 4.45. The van der Waals surface area contributed by atoms with Crippen LogP contribution >= 0.6 is 0 Å². The zero-order valence-electron chi connectivity index (χ0n) is 10.1. The predicted molar refractivity (Wildman–Crippen MR) is 63.8 cm³/mol. The first kappa shape index (κ1) is 9.89. The standard InChI is InChI=1S/C14H23N/c1-9-6-12-4-5-13-10(2)8-11(3)14(7-9)15(12)13/h10-14H,1,4-8H2,2-3H3/t10-,11-,12+,13+,14+/m1/s1. The molecule has 1 heteroatoms. The second-order valence-electron chi connectivity index (χ2n) is 6.16. The van der Waals surface area contributed by atoms with Crippen molar-refractivity contribution in [2.24, 2.45) is 11.8 Å². The van der Waals surface area contributed by atoms with Crippen LogP contribution in [0.5, 0.6) is 0 Å². The van der Waals surface area contributed by atoms with E-state index in [0.29, 0.717) is 0 Å². The maximum absolute atomic E-state index is 4.25. The predicted octanol–water partition coefficient (Wildman–Crippen LogP) is 3.21. The summed E-state index contributed by atoms with van der Waals surface area (Å²) in [4.78, 5) is 2.88. The van der Waals surface area contributed by atoms with E-state index >= 15 is 0 Å². The molecule has 0 bridgehead atoms. The normalized spacial score (nSPS) is 50.5. The maximum atomic E-state index is 4.25. The lowest BCUT2D eigenvalue weighted by molar-refractivity contribution is -0.000761. The lowest BCUT2D eigenvalue weighted by Gasteiger charge is -2.51. The summed E-state index contributed by atoms with van der Waals surface area (Å²) in [6.07, 6.45) is 6.87.